The molecule has 1 unspecified atom stereocenters. The van der Waals surface area contributed by atoms with Crippen LogP contribution in [0.5, 0.6) is 0 Å². The van der Waals surface area contributed by atoms with E-state index in [2.05, 4.69) is 10.3 Å². The Morgan fingerprint density at radius 2 is 2.50 bits per heavy atom. The lowest BCUT2D eigenvalue weighted by Crippen LogP contribution is -2.51. The lowest BCUT2D eigenvalue weighted by Gasteiger charge is -2.33. The number of carbonyl (C=O) groups excluding carboxylic acids is 1. The minimum Gasteiger partial charge on any atom is -0.378 e. The zero-order valence-corrected chi connectivity index (χ0v) is 10.4. The molecular weight excluding hydrogens is 232 g/mol. The Labute approximate surface area is 106 Å². The number of nitrogens with two attached hydrogens (primary N) is 1. The van der Waals surface area contributed by atoms with Crippen LogP contribution < -0.4 is 11.1 Å². The van der Waals surface area contributed by atoms with Gasteiger partial charge in [0.15, 0.2) is 0 Å². The summed E-state index contributed by atoms with van der Waals surface area (Å²) in [6, 6.07) is 5.41. The van der Waals surface area contributed by atoms with Crippen molar-refractivity contribution < 1.29 is 9.53 Å². The lowest BCUT2D eigenvalue weighted by molar-refractivity contribution is -0.129. The van der Waals surface area contributed by atoms with Crippen LogP contribution >= 0.6 is 0 Å². The van der Waals surface area contributed by atoms with Crippen LogP contribution in [0, 0.1) is 0 Å². The first-order valence-electron chi connectivity index (χ1n) is 5.95. The number of aromatic nitrogens is 1. The summed E-state index contributed by atoms with van der Waals surface area (Å²) in [6.07, 6.45) is 0. The number of rotatable bonds is 4. The van der Waals surface area contributed by atoms with E-state index in [0.717, 1.165) is 11.5 Å². The Kier molecular flexibility index (Phi) is 4.11. The maximum absolute atomic E-state index is 11.3. The van der Waals surface area contributed by atoms with Crippen molar-refractivity contribution in [3.63, 3.8) is 0 Å². The van der Waals surface area contributed by atoms with Crippen LogP contribution in [0.3, 0.4) is 0 Å². The van der Waals surface area contributed by atoms with Crippen LogP contribution in [-0.2, 0) is 16.1 Å². The molecule has 6 nitrogen and oxygen atoms in total. The lowest BCUT2D eigenvalue weighted by atomic mass is 10.2. The van der Waals surface area contributed by atoms with Gasteiger partial charge < -0.3 is 15.8 Å². The number of nitrogens with one attached hydrogen (secondary N) is 1. The highest BCUT2D eigenvalue weighted by molar-refractivity contribution is 5.80. The molecular formula is C12H18N4O2. The van der Waals surface area contributed by atoms with Gasteiger partial charge in [-0.15, -0.1) is 0 Å². The highest BCUT2D eigenvalue weighted by Crippen LogP contribution is 2.12. The summed E-state index contributed by atoms with van der Waals surface area (Å²) >= 11 is 0. The molecule has 0 aliphatic carbocycles. The highest BCUT2D eigenvalue weighted by Gasteiger charge is 2.27. The summed E-state index contributed by atoms with van der Waals surface area (Å²) in [7, 11) is 1.83. The predicted molar refractivity (Wildman–Crippen MR) is 68.0 cm³/mol. The van der Waals surface area contributed by atoms with Crippen LogP contribution in [0.2, 0.25) is 0 Å². The van der Waals surface area contributed by atoms with Crippen LogP contribution in [0.25, 0.3) is 0 Å². The standard InChI is InChI=1S/C12H18N4O2/c1-14-11-4-2-3-9(15-11)7-16-5-6-18-8-10(16)12(13)17/h2-4,10H,5-8H2,1H3,(H2,13,17)(H,14,15). The number of carbonyl (C=O) groups is 1. The molecule has 18 heavy (non-hydrogen) atoms. The van der Waals surface area contributed by atoms with Crippen LogP contribution in [-0.4, -0.2) is 48.6 Å². The van der Waals surface area contributed by atoms with E-state index in [1.807, 2.05) is 30.1 Å². The molecule has 2 heterocycles. The van der Waals surface area contributed by atoms with E-state index in [-0.39, 0.29) is 11.9 Å². The van der Waals surface area contributed by atoms with Crippen molar-refractivity contribution in [3.05, 3.63) is 23.9 Å². The minimum absolute atomic E-state index is 0.348. The van der Waals surface area contributed by atoms with E-state index >= 15 is 0 Å². The van der Waals surface area contributed by atoms with E-state index in [4.69, 9.17) is 10.5 Å². The van der Waals surface area contributed by atoms with Crippen molar-refractivity contribution in [1.82, 2.24) is 9.88 Å². The number of primary amides is 1. The number of morpholine rings is 1. The molecule has 6 heteroatoms. The Balaban J connectivity index is 2.08. The van der Waals surface area contributed by atoms with Gasteiger partial charge in [-0.05, 0) is 12.1 Å². The smallest absolute Gasteiger partial charge is 0.237 e. The number of pyridine rings is 1. The van der Waals surface area contributed by atoms with Gasteiger partial charge in [-0.25, -0.2) is 4.98 Å². The topological polar surface area (TPSA) is 80.5 Å². The van der Waals surface area contributed by atoms with Crippen molar-refractivity contribution in [2.45, 2.75) is 12.6 Å². The van der Waals surface area contributed by atoms with Crippen molar-refractivity contribution in [3.8, 4) is 0 Å². The van der Waals surface area contributed by atoms with Crippen molar-refractivity contribution >= 4 is 11.7 Å². The third-order valence-corrected chi connectivity index (χ3v) is 3.00. The number of hydrogen-bond acceptors (Lipinski definition) is 5. The fraction of sp³-hybridized carbons (Fsp3) is 0.500. The van der Waals surface area contributed by atoms with Gasteiger partial charge in [0.1, 0.15) is 11.9 Å². The molecule has 0 bridgehead atoms. The number of ether oxygens (including phenoxy) is 1. The Morgan fingerprint density at radius 1 is 1.67 bits per heavy atom. The molecule has 1 aliphatic rings. The summed E-state index contributed by atoms with van der Waals surface area (Å²) in [4.78, 5) is 17.8. The van der Waals surface area contributed by atoms with Crippen LogP contribution in [0.15, 0.2) is 18.2 Å². The molecule has 1 atom stereocenters. The van der Waals surface area contributed by atoms with Gasteiger partial charge >= 0.3 is 0 Å². The fourth-order valence-corrected chi connectivity index (χ4v) is 2.00. The van der Waals surface area contributed by atoms with Gasteiger partial charge in [-0.1, -0.05) is 6.07 Å². The summed E-state index contributed by atoms with van der Waals surface area (Å²) in [5.41, 5.74) is 6.29. The zero-order chi connectivity index (χ0) is 13.0. The van der Waals surface area contributed by atoms with Gasteiger partial charge in [-0.2, -0.15) is 0 Å². The average molecular weight is 250 g/mol. The Bertz CT molecular complexity index is 424. The van der Waals surface area contributed by atoms with Crippen molar-refractivity contribution in [2.24, 2.45) is 5.73 Å². The maximum Gasteiger partial charge on any atom is 0.237 e. The van der Waals surface area contributed by atoms with Gasteiger partial charge in [0, 0.05) is 20.1 Å². The molecule has 2 rings (SSSR count). The molecule has 3 N–H and O–H groups in total. The third kappa shape index (κ3) is 2.96. The Hall–Kier alpha value is -1.66. The number of nitrogens with zero attached hydrogens (tertiary/aromatic N) is 2. The summed E-state index contributed by atoms with van der Waals surface area (Å²) in [5, 5.41) is 2.99. The highest BCUT2D eigenvalue weighted by atomic mass is 16.5. The van der Waals surface area contributed by atoms with Gasteiger partial charge in [0.2, 0.25) is 5.91 Å². The molecule has 0 saturated carbocycles. The molecule has 0 radical (unpaired) electrons. The van der Waals surface area contributed by atoms with Gasteiger partial charge in [0.25, 0.3) is 0 Å². The third-order valence-electron chi connectivity index (χ3n) is 3.00. The molecule has 1 aromatic rings. The van der Waals surface area contributed by atoms with Crippen LogP contribution in [0.4, 0.5) is 5.82 Å². The molecule has 0 aromatic carbocycles. The van der Waals surface area contributed by atoms with Crippen molar-refractivity contribution in [2.75, 3.05) is 32.1 Å². The Morgan fingerprint density at radius 3 is 3.22 bits per heavy atom. The fourth-order valence-electron chi connectivity index (χ4n) is 2.00. The SMILES string of the molecule is CNc1cccc(CN2CCOCC2C(N)=O)n1. The second-order valence-corrected chi connectivity index (χ2v) is 4.23. The first-order valence-corrected chi connectivity index (χ1v) is 5.95. The van der Waals surface area contributed by atoms with E-state index < -0.39 is 0 Å². The van der Waals surface area contributed by atoms with Crippen LogP contribution in [0.1, 0.15) is 5.69 Å². The molecule has 1 aromatic heterocycles. The zero-order valence-electron chi connectivity index (χ0n) is 10.4. The molecule has 98 valence electrons. The van der Waals surface area contributed by atoms with Crippen molar-refractivity contribution in [1.29, 1.82) is 0 Å². The first-order chi connectivity index (χ1) is 8.70. The summed E-state index contributed by atoms with van der Waals surface area (Å²) < 4.78 is 5.28. The number of anilines is 1. The van der Waals surface area contributed by atoms with E-state index in [1.54, 1.807) is 0 Å². The summed E-state index contributed by atoms with van der Waals surface area (Å²) in [6.45, 7) is 2.28. The monoisotopic (exact) mass is 250 g/mol. The van der Waals surface area contributed by atoms with E-state index in [9.17, 15) is 4.79 Å². The first kappa shape index (κ1) is 12.8. The quantitative estimate of drug-likeness (QED) is 0.774. The second kappa shape index (κ2) is 5.79. The average Bonchev–Trinajstić information content (AvgIpc) is 2.39. The number of hydrogen-bond donors (Lipinski definition) is 2. The minimum atomic E-state index is -0.362. The molecule has 1 saturated heterocycles. The molecule has 1 amide bonds. The normalized spacial score (nSPS) is 20.6. The predicted octanol–water partition coefficient (Wildman–Crippen LogP) is -0.191. The molecule has 1 aliphatic heterocycles. The van der Waals surface area contributed by atoms with E-state index in [1.165, 1.54) is 0 Å². The maximum atomic E-state index is 11.3. The summed E-state index contributed by atoms with van der Waals surface area (Å²) in [5.74, 6) is 0.468. The number of amides is 1. The van der Waals surface area contributed by atoms with Gasteiger partial charge in [0.05, 0.1) is 18.9 Å². The van der Waals surface area contributed by atoms with E-state index in [0.29, 0.717) is 26.3 Å². The molecule has 1 fully saturated rings. The largest absolute Gasteiger partial charge is 0.378 e. The second-order valence-electron chi connectivity index (χ2n) is 4.23. The molecule has 0 spiro atoms. The van der Waals surface area contributed by atoms with Gasteiger partial charge in [-0.3, -0.25) is 9.69 Å².